The fourth-order valence-corrected chi connectivity index (χ4v) is 3.04. The van der Waals surface area contributed by atoms with Crippen molar-refractivity contribution in [3.05, 3.63) is 52.8 Å². The summed E-state index contributed by atoms with van der Waals surface area (Å²) in [6, 6.07) is 10.5. The van der Waals surface area contributed by atoms with E-state index in [1.54, 1.807) is 0 Å². The summed E-state index contributed by atoms with van der Waals surface area (Å²) in [5.74, 6) is 0.0459. The summed E-state index contributed by atoms with van der Waals surface area (Å²) in [7, 11) is 0. The van der Waals surface area contributed by atoms with Gasteiger partial charge in [-0.1, -0.05) is 31.5 Å². The summed E-state index contributed by atoms with van der Waals surface area (Å²) in [4.78, 5) is 12.3. The van der Waals surface area contributed by atoms with Crippen LogP contribution in [0.25, 0.3) is 5.69 Å². The third-order valence-corrected chi connectivity index (χ3v) is 4.20. The van der Waals surface area contributed by atoms with Gasteiger partial charge < -0.3 is 9.88 Å². The summed E-state index contributed by atoms with van der Waals surface area (Å²) < 4.78 is 2.22. The molecule has 0 saturated carbocycles. The number of aryl methyl sites for hydroxylation is 2. The molecule has 110 valence electrons. The number of rotatable bonds is 1. The molecule has 0 spiro atoms. The van der Waals surface area contributed by atoms with Gasteiger partial charge in [-0.25, -0.2) is 0 Å². The number of nitrogens with one attached hydrogen (secondary N) is 1. The van der Waals surface area contributed by atoms with Crippen LogP contribution in [0.15, 0.2) is 30.3 Å². The SMILES string of the molecule is Cc1ccc(-n2c(C)cc3c2CC(C)(C)CNC3=O)cc1. The first-order chi connectivity index (χ1) is 9.87. The molecule has 0 fully saturated rings. The van der Waals surface area contributed by atoms with Gasteiger partial charge in [0.15, 0.2) is 0 Å². The second-order valence-corrected chi connectivity index (χ2v) is 6.84. The van der Waals surface area contributed by atoms with Crippen molar-refractivity contribution in [2.75, 3.05) is 6.54 Å². The minimum absolute atomic E-state index is 0.0459. The molecule has 0 unspecified atom stereocenters. The molecule has 1 aliphatic rings. The standard InChI is InChI=1S/C18H22N2O/c1-12-5-7-14(8-6-12)20-13(2)9-15-16(20)10-18(3,4)11-19-17(15)21/h5-9H,10-11H2,1-4H3,(H,19,21). The van der Waals surface area contributed by atoms with E-state index in [-0.39, 0.29) is 11.3 Å². The molecule has 0 radical (unpaired) electrons. The first kappa shape index (κ1) is 13.9. The molecule has 1 N–H and O–H groups in total. The monoisotopic (exact) mass is 282 g/mol. The Morgan fingerprint density at radius 3 is 2.48 bits per heavy atom. The molecule has 3 nitrogen and oxygen atoms in total. The zero-order valence-electron chi connectivity index (χ0n) is 13.2. The molecule has 0 atom stereocenters. The number of hydrogen-bond donors (Lipinski definition) is 1. The molecule has 3 heteroatoms. The van der Waals surface area contributed by atoms with E-state index in [2.05, 4.69) is 61.8 Å². The van der Waals surface area contributed by atoms with Crippen molar-refractivity contribution in [1.82, 2.24) is 9.88 Å². The quantitative estimate of drug-likeness (QED) is 0.854. The zero-order chi connectivity index (χ0) is 15.2. The largest absolute Gasteiger partial charge is 0.351 e. The Bertz CT molecular complexity index is 693. The Labute approximate surface area is 126 Å². The van der Waals surface area contributed by atoms with E-state index in [4.69, 9.17) is 0 Å². The molecule has 0 saturated heterocycles. The molecule has 2 aromatic rings. The highest BCUT2D eigenvalue weighted by Gasteiger charge is 2.30. The van der Waals surface area contributed by atoms with Gasteiger partial charge in [0.2, 0.25) is 0 Å². The van der Waals surface area contributed by atoms with Gasteiger partial charge in [-0.05, 0) is 43.9 Å². The maximum absolute atomic E-state index is 12.3. The van der Waals surface area contributed by atoms with Crippen LogP contribution in [0.2, 0.25) is 0 Å². The molecule has 3 rings (SSSR count). The third kappa shape index (κ3) is 2.48. The second-order valence-electron chi connectivity index (χ2n) is 6.84. The van der Waals surface area contributed by atoms with Gasteiger partial charge in [-0.15, -0.1) is 0 Å². The summed E-state index contributed by atoms with van der Waals surface area (Å²) in [6.07, 6.45) is 0.892. The minimum atomic E-state index is 0.0459. The Kier molecular flexibility index (Phi) is 3.16. The predicted octanol–water partition coefficient (Wildman–Crippen LogP) is 3.41. The molecule has 21 heavy (non-hydrogen) atoms. The second kappa shape index (κ2) is 4.76. The van der Waals surface area contributed by atoms with Crippen LogP contribution in [0.1, 0.15) is 41.2 Å². The lowest BCUT2D eigenvalue weighted by Gasteiger charge is -2.23. The van der Waals surface area contributed by atoms with Gasteiger partial charge in [0, 0.05) is 23.6 Å². The maximum atomic E-state index is 12.3. The number of hydrogen-bond acceptors (Lipinski definition) is 1. The zero-order valence-corrected chi connectivity index (χ0v) is 13.2. The van der Waals surface area contributed by atoms with E-state index in [0.29, 0.717) is 6.54 Å². The topological polar surface area (TPSA) is 34.0 Å². The van der Waals surface area contributed by atoms with Gasteiger partial charge in [-0.2, -0.15) is 0 Å². The Morgan fingerprint density at radius 1 is 1.14 bits per heavy atom. The molecule has 2 heterocycles. The number of carbonyl (C=O) groups excluding carboxylic acids is 1. The highest BCUT2D eigenvalue weighted by atomic mass is 16.1. The summed E-state index contributed by atoms with van der Waals surface area (Å²) >= 11 is 0. The third-order valence-electron chi connectivity index (χ3n) is 4.20. The number of amides is 1. The molecular formula is C18H22N2O. The van der Waals surface area contributed by atoms with Crippen molar-refractivity contribution in [2.24, 2.45) is 5.41 Å². The smallest absolute Gasteiger partial charge is 0.253 e. The van der Waals surface area contributed by atoms with Crippen molar-refractivity contribution in [3.63, 3.8) is 0 Å². The van der Waals surface area contributed by atoms with Crippen molar-refractivity contribution < 1.29 is 4.79 Å². The average Bonchev–Trinajstić information content (AvgIpc) is 2.68. The lowest BCUT2D eigenvalue weighted by atomic mass is 9.88. The van der Waals surface area contributed by atoms with Crippen LogP contribution < -0.4 is 5.32 Å². The maximum Gasteiger partial charge on any atom is 0.253 e. The van der Waals surface area contributed by atoms with Crippen LogP contribution in [-0.2, 0) is 6.42 Å². The lowest BCUT2D eigenvalue weighted by molar-refractivity contribution is 0.0945. The van der Waals surface area contributed by atoms with Crippen molar-refractivity contribution >= 4 is 5.91 Å². The minimum Gasteiger partial charge on any atom is -0.351 e. The van der Waals surface area contributed by atoms with Crippen LogP contribution in [0.5, 0.6) is 0 Å². The number of aromatic nitrogens is 1. The number of nitrogens with zero attached hydrogens (tertiary/aromatic N) is 1. The lowest BCUT2D eigenvalue weighted by Crippen LogP contribution is -2.31. The van der Waals surface area contributed by atoms with Crippen molar-refractivity contribution in [2.45, 2.75) is 34.1 Å². The van der Waals surface area contributed by atoms with Gasteiger partial charge in [-0.3, -0.25) is 4.79 Å². The predicted molar refractivity (Wildman–Crippen MR) is 85.1 cm³/mol. The number of fused-ring (bicyclic) bond motifs is 1. The molecule has 0 bridgehead atoms. The number of carbonyl (C=O) groups is 1. The first-order valence-corrected chi connectivity index (χ1v) is 7.44. The van der Waals surface area contributed by atoms with Gasteiger partial charge in [0.1, 0.15) is 0 Å². The van der Waals surface area contributed by atoms with Crippen molar-refractivity contribution in [1.29, 1.82) is 0 Å². The van der Waals surface area contributed by atoms with Gasteiger partial charge in [0.05, 0.1) is 5.56 Å². The van der Waals surface area contributed by atoms with Crippen LogP contribution in [0.4, 0.5) is 0 Å². The van der Waals surface area contributed by atoms with Crippen LogP contribution in [0, 0.1) is 19.3 Å². The summed E-state index contributed by atoms with van der Waals surface area (Å²) in [6.45, 7) is 9.26. The van der Waals surface area contributed by atoms with Gasteiger partial charge in [0.25, 0.3) is 5.91 Å². The molecular weight excluding hydrogens is 260 g/mol. The normalized spacial score (nSPS) is 17.0. The van der Waals surface area contributed by atoms with Crippen LogP contribution in [0.3, 0.4) is 0 Å². The van der Waals surface area contributed by atoms with Crippen LogP contribution in [-0.4, -0.2) is 17.0 Å². The van der Waals surface area contributed by atoms with Crippen molar-refractivity contribution in [3.8, 4) is 5.69 Å². The Morgan fingerprint density at radius 2 is 1.81 bits per heavy atom. The fraction of sp³-hybridized carbons (Fsp3) is 0.389. The fourth-order valence-electron chi connectivity index (χ4n) is 3.04. The van der Waals surface area contributed by atoms with E-state index in [1.807, 2.05) is 6.07 Å². The summed E-state index contributed by atoms with van der Waals surface area (Å²) in [5, 5.41) is 3.04. The Hall–Kier alpha value is -2.03. The van der Waals surface area contributed by atoms with E-state index in [9.17, 15) is 4.79 Å². The van der Waals surface area contributed by atoms with Gasteiger partial charge >= 0.3 is 0 Å². The molecule has 1 amide bonds. The van der Waals surface area contributed by atoms with E-state index < -0.39 is 0 Å². The molecule has 1 aromatic heterocycles. The molecule has 1 aliphatic heterocycles. The highest BCUT2D eigenvalue weighted by Crippen LogP contribution is 2.30. The summed E-state index contributed by atoms with van der Waals surface area (Å²) in [5.41, 5.74) is 5.48. The van der Waals surface area contributed by atoms with Crippen LogP contribution >= 0.6 is 0 Å². The van der Waals surface area contributed by atoms with E-state index in [0.717, 1.165) is 29.1 Å². The Balaban J connectivity index is 2.19. The van der Waals surface area contributed by atoms with E-state index >= 15 is 0 Å². The molecule has 0 aliphatic carbocycles. The number of benzene rings is 1. The molecule has 1 aromatic carbocycles. The van der Waals surface area contributed by atoms with E-state index in [1.165, 1.54) is 5.56 Å². The average molecular weight is 282 g/mol. The highest BCUT2D eigenvalue weighted by molar-refractivity contribution is 5.96. The first-order valence-electron chi connectivity index (χ1n) is 7.44.